The van der Waals surface area contributed by atoms with E-state index in [1.165, 1.54) is 4.68 Å². The van der Waals surface area contributed by atoms with E-state index >= 15 is 0 Å². The largest absolute Gasteiger partial charge is 0.274 e. The standard InChI is InChI=1S/C17H15N5O/c1-10-6-15(20-22-9-11(2)19-16(10)22)12-4-5-14-13(7-12)8-18-21(3)17(14)23/h4-9H,1-3H3. The Balaban J connectivity index is 1.95. The van der Waals surface area contributed by atoms with Crippen molar-refractivity contribution in [3.8, 4) is 11.3 Å². The van der Waals surface area contributed by atoms with Crippen molar-refractivity contribution in [2.24, 2.45) is 7.05 Å². The van der Waals surface area contributed by atoms with Crippen molar-refractivity contribution in [3.05, 3.63) is 58.3 Å². The van der Waals surface area contributed by atoms with Crippen molar-refractivity contribution in [2.45, 2.75) is 13.8 Å². The molecule has 0 aliphatic heterocycles. The second-order valence-electron chi connectivity index (χ2n) is 5.74. The summed E-state index contributed by atoms with van der Waals surface area (Å²) in [4.78, 5) is 16.5. The maximum absolute atomic E-state index is 12.1. The van der Waals surface area contributed by atoms with Crippen molar-refractivity contribution in [1.29, 1.82) is 0 Å². The predicted octanol–water partition coefficient (Wildman–Crippen LogP) is 2.26. The first-order chi connectivity index (χ1) is 11.0. The van der Waals surface area contributed by atoms with Gasteiger partial charge in [-0.25, -0.2) is 14.2 Å². The summed E-state index contributed by atoms with van der Waals surface area (Å²) >= 11 is 0. The Bertz CT molecular complexity index is 1120. The van der Waals surface area contributed by atoms with Crippen LogP contribution < -0.4 is 5.56 Å². The first kappa shape index (κ1) is 13.6. The lowest BCUT2D eigenvalue weighted by atomic mass is 10.1. The van der Waals surface area contributed by atoms with Gasteiger partial charge in [0.1, 0.15) is 0 Å². The lowest BCUT2D eigenvalue weighted by Crippen LogP contribution is -2.18. The molecule has 3 heterocycles. The highest BCUT2D eigenvalue weighted by atomic mass is 16.1. The quantitative estimate of drug-likeness (QED) is 0.541. The van der Waals surface area contributed by atoms with Gasteiger partial charge in [-0.2, -0.15) is 10.2 Å². The number of rotatable bonds is 1. The normalized spacial score (nSPS) is 11.4. The summed E-state index contributed by atoms with van der Waals surface area (Å²) < 4.78 is 3.14. The molecule has 0 aliphatic rings. The van der Waals surface area contributed by atoms with Gasteiger partial charge in [0.25, 0.3) is 5.56 Å². The van der Waals surface area contributed by atoms with Crippen LogP contribution in [0.15, 0.2) is 41.5 Å². The summed E-state index contributed by atoms with van der Waals surface area (Å²) in [5.41, 5.74) is 4.55. The summed E-state index contributed by atoms with van der Waals surface area (Å²) in [6, 6.07) is 7.70. The molecule has 23 heavy (non-hydrogen) atoms. The highest BCUT2D eigenvalue weighted by molar-refractivity contribution is 5.85. The molecule has 0 saturated heterocycles. The van der Waals surface area contributed by atoms with Crippen LogP contribution in [0.5, 0.6) is 0 Å². The van der Waals surface area contributed by atoms with Crippen molar-refractivity contribution in [3.63, 3.8) is 0 Å². The molecule has 0 spiro atoms. The number of aryl methyl sites for hydroxylation is 3. The van der Waals surface area contributed by atoms with Crippen molar-refractivity contribution in [1.82, 2.24) is 24.4 Å². The van der Waals surface area contributed by atoms with Crippen molar-refractivity contribution < 1.29 is 0 Å². The third-order valence-corrected chi connectivity index (χ3v) is 3.97. The van der Waals surface area contributed by atoms with Crippen molar-refractivity contribution >= 4 is 16.4 Å². The zero-order valence-corrected chi connectivity index (χ0v) is 13.1. The first-order valence-electron chi connectivity index (χ1n) is 7.33. The maximum atomic E-state index is 12.1. The predicted molar refractivity (Wildman–Crippen MR) is 88.4 cm³/mol. The van der Waals surface area contributed by atoms with Crippen LogP contribution in [-0.2, 0) is 7.05 Å². The molecule has 0 aliphatic carbocycles. The number of hydrogen-bond donors (Lipinski definition) is 0. The van der Waals surface area contributed by atoms with E-state index in [4.69, 9.17) is 0 Å². The van der Waals surface area contributed by atoms with Gasteiger partial charge >= 0.3 is 0 Å². The SMILES string of the molecule is Cc1cn2nc(-c3ccc4c(=O)n(C)ncc4c3)cc(C)c2n1. The summed E-state index contributed by atoms with van der Waals surface area (Å²) in [5, 5.41) is 10.2. The summed E-state index contributed by atoms with van der Waals surface area (Å²) in [5.74, 6) is 0. The number of hydrogen-bond acceptors (Lipinski definition) is 4. The lowest BCUT2D eigenvalue weighted by molar-refractivity contribution is 0.718. The fourth-order valence-corrected chi connectivity index (χ4v) is 2.79. The molecule has 0 bridgehead atoms. The second-order valence-corrected chi connectivity index (χ2v) is 5.74. The van der Waals surface area contributed by atoms with Crippen LogP contribution in [0.1, 0.15) is 11.3 Å². The molecule has 6 nitrogen and oxygen atoms in total. The molecule has 1 aromatic carbocycles. The van der Waals surface area contributed by atoms with Gasteiger partial charge in [-0.15, -0.1) is 0 Å². The van der Waals surface area contributed by atoms with Gasteiger partial charge in [-0.3, -0.25) is 4.79 Å². The zero-order chi connectivity index (χ0) is 16.1. The molecule has 0 fully saturated rings. The summed E-state index contributed by atoms with van der Waals surface area (Å²) in [7, 11) is 1.65. The molecule has 6 heteroatoms. The average Bonchev–Trinajstić information content (AvgIpc) is 2.92. The van der Waals surface area contributed by atoms with Gasteiger partial charge in [0.15, 0.2) is 5.65 Å². The zero-order valence-electron chi connectivity index (χ0n) is 13.1. The Morgan fingerprint density at radius 2 is 1.96 bits per heavy atom. The molecule has 0 saturated carbocycles. The van der Waals surface area contributed by atoms with E-state index in [1.807, 2.05) is 44.3 Å². The monoisotopic (exact) mass is 305 g/mol. The van der Waals surface area contributed by atoms with Crippen LogP contribution >= 0.6 is 0 Å². The molecule has 3 aromatic heterocycles. The van der Waals surface area contributed by atoms with Crippen LogP contribution in [0.3, 0.4) is 0 Å². The van der Waals surface area contributed by atoms with Gasteiger partial charge in [-0.1, -0.05) is 6.07 Å². The topological polar surface area (TPSA) is 65.1 Å². The fraction of sp³-hybridized carbons (Fsp3) is 0.176. The van der Waals surface area contributed by atoms with Crippen LogP contribution in [0, 0.1) is 13.8 Å². The molecule has 0 radical (unpaired) electrons. The van der Waals surface area contributed by atoms with Crippen LogP contribution in [0.2, 0.25) is 0 Å². The molecular weight excluding hydrogens is 290 g/mol. The van der Waals surface area contributed by atoms with E-state index in [0.717, 1.165) is 33.5 Å². The minimum Gasteiger partial charge on any atom is -0.267 e. The van der Waals surface area contributed by atoms with Gasteiger partial charge < -0.3 is 0 Å². The smallest absolute Gasteiger partial charge is 0.267 e. The third-order valence-electron chi connectivity index (χ3n) is 3.97. The Labute approximate surface area is 132 Å². The van der Waals surface area contributed by atoms with Gasteiger partial charge in [0, 0.05) is 18.0 Å². The third kappa shape index (κ3) is 2.11. The molecule has 4 rings (SSSR count). The lowest BCUT2D eigenvalue weighted by Gasteiger charge is -2.06. The Morgan fingerprint density at radius 3 is 2.78 bits per heavy atom. The van der Waals surface area contributed by atoms with E-state index in [0.29, 0.717) is 5.39 Å². The summed E-state index contributed by atoms with van der Waals surface area (Å²) in [6.45, 7) is 3.97. The minimum atomic E-state index is -0.0983. The Kier molecular flexibility index (Phi) is 2.81. The van der Waals surface area contributed by atoms with E-state index in [9.17, 15) is 4.79 Å². The van der Waals surface area contributed by atoms with E-state index in [-0.39, 0.29) is 5.56 Å². The van der Waals surface area contributed by atoms with Gasteiger partial charge in [-0.05, 0) is 37.6 Å². The number of aromatic nitrogens is 5. The van der Waals surface area contributed by atoms with Crippen LogP contribution in [-0.4, -0.2) is 24.4 Å². The van der Waals surface area contributed by atoms with E-state index < -0.39 is 0 Å². The average molecular weight is 305 g/mol. The maximum Gasteiger partial charge on any atom is 0.274 e. The Hall–Kier alpha value is -3.02. The molecule has 0 unspecified atom stereocenters. The highest BCUT2D eigenvalue weighted by Crippen LogP contribution is 2.23. The second kappa shape index (κ2) is 4.74. The number of fused-ring (bicyclic) bond motifs is 2. The van der Waals surface area contributed by atoms with Gasteiger partial charge in [0.2, 0.25) is 0 Å². The van der Waals surface area contributed by atoms with E-state index in [2.05, 4.69) is 15.2 Å². The molecule has 0 amide bonds. The molecular formula is C17H15N5O. The highest BCUT2D eigenvalue weighted by Gasteiger charge is 2.09. The molecule has 0 N–H and O–H groups in total. The van der Waals surface area contributed by atoms with Crippen LogP contribution in [0.4, 0.5) is 0 Å². The molecule has 114 valence electrons. The van der Waals surface area contributed by atoms with Gasteiger partial charge in [0.05, 0.1) is 29.2 Å². The minimum absolute atomic E-state index is 0.0983. The molecule has 4 aromatic rings. The van der Waals surface area contributed by atoms with Crippen LogP contribution in [0.25, 0.3) is 27.7 Å². The number of imidazole rings is 1. The fourth-order valence-electron chi connectivity index (χ4n) is 2.79. The number of nitrogens with zero attached hydrogens (tertiary/aromatic N) is 5. The molecule has 0 atom stereocenters. The first-order valence-corrected chi connectivity index (χ1v) is 7.33. The Morgan fingerprint density at radius 1 is 1.13 bits per heavy atom. The summed E-state index contributed by atoms with van der Waals surface area (Å²) in [6.07, 6.45) is 3.61. The van der Waals surface area contributed by atoms with Crippen molar-refractivity contribution in [2.75, 3.05) is 0 Å². The van der Waals surface area contributed by atoms with E-state index in [1.54, 1.807) is 17.8 Å². The number of benzene rings is 1.